The third-order valence-electron chi connectivity index (χ3n) is 19.2. The molecule has 48 heteroatoms. The number of phenolic OH excluding ortho intramolecular Hbond substituents is 1. The number of nitrogens with one attached hydrogen (secondary N) is 19. The van der Waals surface area contributed by atoms with Gasteiger partial charge in [0.1, 0.15) is 84.3 Å². The molecule has 0 aliphatic heterocycles. The number of hydrogen-bond acceptors (Lipinski definition) is 26. The minimum atomic E-state index is -1.94. The van der Waals surface area contributed by atoms with Crippen molar-refractivity contribution in [2.24, 2.45) is 46.6 Å². The first-order chi connectivity index (χ1) is 59.3. The van der Waals surface area contributed by atoms with Gasteiger partial charge in [0.15, 0.2) is 11.9 Å². The number of carbonyl (C=O) groups excluding carboxylic acids is 16. The number of carboxylic acid groups (broad SMARTS) is 2. The molecule has 702 valence electrons. The van der Waals surface area contributed by atoms with Crippen LogP contribution < -0.4 is 113 Å². The molecule has 0 saturated carbocycles. The van der Waals surface area contributed by atoms with Crippen LogP contribution in [0, 0.1) is 34.5 Å². The number of aliphatic carboxylic acids is 2. The fraction of sp³-hybridized carbons (Fsp3) is 0.590. The zero-order chi connectivity index (χ0) is 95.2. The van der Waals surface area contributed by atoms with Gasteiger partial charge in [0, 0.05) is 50.3 Å². The van der Waals surface area contributed by atoms with E-state index in [1.807, 2.05) is 13.8 Å². The summed E-state index contributed by atoms with van der Waals surface area (Å²) in [5.41, 5.74) is 23.5. The van der Waals surface area contributed by atoms with Crippen LogP contribution in [0.25, 0.3) is 0 Å². The molecule has 0 aliphatic rings. The number of benzene rings is 2. The number of rotatable bonds is 59. The Bertz CT molecular complexity index is 4040. The van der Waals surface area contributed by atoms with Crippen LogP contribution in [0.3, 0.4) is 0 Å². The summed E-state index contributed by atoms with van der Waals surface area (Å²) >= 11 is 8.34. The maximum atomic E-state index is 14.3. The second-order valence-electron chi connectivity index (χ2n) is 30.8. The Morgan fingerprint density at radius 1 is 0.397 bits per heavy atom. The van der Waals surface area contributed by atoms with Gasteiger partial charge in [0.05, 0.1) is 32.3 Å². The second kappa shape index (κ2) is 57.4. The fourth-order valence-electron chi connectivity index (χ4n) is 12.0. The Hall–Kier alpha value is -12.2. The first kappa shape index (κ1) is 110. The summed E-state index contributed by atoms with van der Waals surface area (Å²) in [7, 11) is 0. The molecule has 0 heterocycles. The molecular formula is C78H125N23O23S2. The van der Waals surface area contributed by atoms with Crippen molar-refractivity contribution < 1.29 is 112 Å². The molecular weight excluding hydrogens is 1690 g/mol. The highest BCUT2D eigenvalue weighted by Gasteiger charge is 2.39. The van der Waals surface area contributed by atoms with Crippen molar-refractivity contribution in [3.8, 4) is 5.75 Å². The summed E-state index contributed by atoms with van der Waals surface area (Å²) in [6.07, 6.45) is -2.25. The van der Waals surface area contributed by atoms with Crippen LogP contribution in [0.1, 0.15) is 131 Å². The summed E-state index contributed by atoms with van der Waals surface area (Å²) in [5, 5.41) is 106. The zero-order valence-electron chi connectivity index (χ0n) is 71.5. The minimum absolute atomic E-state index is 0.0166. The molecule has 2 aromatic rings. The van der Waals surface area contributed by atoms with E-state index >= 15 is 0 Å². The lowest BCUT2D eigenvalue weighted by atomic mass is 9.95. The summed E-state index contributed by atoms with van der Waals surface area (Å²) in [6.45, 7) is 9.01. The van der Waals surface area contributed by atoms with E-state index in [9.17, 15) is 112 Å². The lowest BCUT2D eigenvalue weighted by Crippen LogP contribution is -2.62. The first-order valence-electron chi connectivity index (χ1n) is 40.7. The number of hydrogen-bond donors (Lipinski definition) is 30. The van der Waals surface area contributed by atoms with E-state index in [0.29, 0.717) is 17.5 Å². The summed E-state index contributed by atoms with van der Waals surface area (Å²) in [5.74, 6) is -23.2. The van der Waals surface area contributed by atoms with Crippen molar-refractivity contribution >= 4 is 144 Å². The Labute approximate surface area is 739 Å². The summed E-state index contributed by atoms with van der Waals surface area (Å²) < 4.78 is 0. The molecule has 0 saturated heterocycles. The Morgan fingerprint density at radius 3 is 1.20 bits per heavy atom. The number of aromatic hydroxyl groups is 1. The SMILES string of the molecule is CC[C@H](C)[C@H](NC(=O)[C@H](CCCNC(=N)N)NC(=O)[C@@H](N)CC(C)C)C(=O)N[C@H](C(=O)N[C@@H](CCC(N)=O)C(=O)N[C@@H](CS)C(=O)NC(CCCNC(=N)N)C(=O)N[C@@H](CO)C(=O)N[C@H](C(=O)N[C@@H](CCC(=O)O)C(=O)NCC(=O)N[C@@H](CO)C(=O)N[C@@H](CS)C(=O)NCC(=O)N[C@@H](Cc1ccccc1)C(=O)N[C@@H](Cc1ccc(O)cc1)C(=O)O)C(C)C)C(C)C. The normalized spacial score (nSPS) is 14.6. The van der Waals surface area contributed by atoms with Gasteiger partial charge in [-0.05, 0) is 91.9 Å². The van der Waals surface area contributed by atoms with Crippen molar-refractivity contribution in [2.75, 3.05) is 50.9 Å². The van der Waals surface area contributed by atoms with E-state index in [4.69, 9.17) is 33.8 Å². The molecule has 0 spiro atoms. The van der Waals surface area contributed by atoms with Crippen LogP contribution in [0.15, 0.2) is 54.6 Å². The van der Waals surface area contributed by atoms with Crippen molar-refractivity contribution in [3.63, 3.8) is 0 Å². The lowest BCUT2D eigenvalue weighted by Gasteiger charge is -2.30. The third kappa shape index (κ3) is 41.5. The lowest BCUT2D eigenvalue weighted by molar-refractivity contribution is -0.142. The number of carbonyl (C=O) groups is 18. The average Bonchev–Trinajstić information content (AvgIpc) is 0.833. The molecule has 16 amide bonds. The molecule has 15 atom stereocenters. The molecule has 0 aromatic heterocycles. The highest BCUT2D eigenvalue weighted by molar-refractivity contribution is 7.80. The number of aliphatic hydroxyl groups excluding tert-OH is 2. The van der Waals surface area contributed by atoms with E-state index in [2.05, 4.69) is 116 Å². The monoisotopic (exact) mass is 1820 g/mol. The van der Waals surface area contributed by atoms with Crippen molar-refractivity contribution in [2.45, 2.75) is 217 Å². The smallest absolute Gasteiger partial charge is 0.326 e. The minimum Gasteiger partial charge on any atom is -0.508 e. The predicted molar refractivity (Wildman–Crippen MR) is 463 cm³/mol. The van der Waals surface area contributed by atoms with Gasteiger partial charge in [-0.1, -0.05) is 104 Å². The number of nitrogens with two attached hydrogens (primary N) is 4. The average molecular weight is 1820 g/mol. The van der Waals surface area contributed by atoms with Crippen LogP contribution in [0.4, 0.5) is 0 Å². The molecule has 0 bridgehead atoms. The highest BCUT2D eigenvalue weighted by Crippen LogP contribution is 2.17. The number of aliphatic hydroxyl groups is 2. The van der Waals surface area contributed by atoms with E-state index in [-0.39, 0.29) is 75.7 Å². The second-order valence-corrected chi connectivity index (χ2v) is 31.5. The number of primary amides is 1. The van der Waals surface area contributed by atoms with Gasteiger partial charge >= 0.3 is 11.9 Å². The van der Waals surface area contributed by atoms with Crippen molar-refractivity contribution in [1.29, 1.82) is 10.8 Å². The molecule has 0 aliphatic carbocycles. The fourth-order valence-corrected chi connectivity index (χ4v) is 12.5. The van der Waals surface area contributed by atoms with E-state index in [1.165, 1.54) is 38.1 Å². The standard InChI is InChI=1S/C78H125N23O23S2/c1-9-41(8)62(101-68(115)47(18-14-28-86-78(83)84)91-63(110)45(79)29-38(2)3)75(122)100-61(40(6)7)74(121)94-49(23-25-56(80)105)67(114)98-55(37-126)72(119)92-46(17-13-27-85-77(81)82)66(113)96-53(35-103)71(118)99-60(39(4)5)73(120)93-48(24-26-59(108)109)64(111)87-33-58(107)90-52(34-102)70(117)97-54(36-125)65(112)88-32-57(106)89-50(30-42-15-11-10-12-16-42)69(116)95-51(76(123)124)31-43-19-21-44(104)22-20-43/h10-12,15-16,19-22,38-41,45-55,60-62,102-104,125-126H,9,13-14,17-18,23-37,79H2,1-8H3,(H2,80,105)(H,87,111)(H,88,112)(H,89,106)(H,90,107)(H,91,110)(H,92,119)(H,93,120)(H,94,121)(H,95,116)(H,96,113)(H,97,117)(H,98,114)(H,99,118)(H,100,122)(H,101,115)(H,108,109)(H,123,124)(H4,81,82,85)(H4,83,84,86)/t41-,45-,46?,47-,48-,49-,50-,51-,52-,53-,54-,55-,60-,61-,62-/m0/s1. The van der Waals surface area contributed by atoms with Gasteiger partial charge in [-0.3, -0.25) is 92.3 Å². The quantitative estimate of drug-likeness (QED) is 0.0127. The highest BCUT2D eigenvalue weighted by atomic mass is 32.1. The van der Waals surface area contributed by atoms with Crippen LogP contribution in [0.5, 0.6) is 5.75 Å². The first-order valence-corrected chi connectivity index (χ1v) is 41.9. The molecule has 0 radical (unpaired) electrons. The van der Waals surface area contributed by atoms with Gasteiger partial charge in [-0.2, -0.15) is 25.3 Å². The molecule has 32 N–H and O–H groups in total. The third-order valence-corrected chi connectivity index (χ3v) is 20.0. The maximum Gasteiger partial charge on any atom is 0.326 e. The van der Waals surface area contributed by atoms with Crippen LogP contribution in [0.2, 0.25) is 0 Å². The van der Waals surface area contributed by atoms with Gasteiger partial charge < -0.3 is 139 Å². The largest absolute Gasteiger partial charge is 0.508 e. The summed E-state index contributed by atoms with van der Waals surface area (Å²) in [4.78, 5) is 244. The van der Waals surface area contributed by atoms with Crippen molar-refractivity contribution in [3.05, 3.63) is 65.7 Å². The number of phenols is 1. The molecule has 1 unspecified atom stereocenters. The Kier molecular flexibility index (Phi) is 50.0. The number of thiol groups is 2. The van der Waals surface area contributed by atoms with E-state index < -0.39 is 278 Å². The van der Waals surface area contributed by atoms with Crippen molar-refractivity contribution in [1.82, 2.24) is 90.4 Å². The van der Waals surface area contributed by atoms with Gasteiger partial charge in [-0.25, -0.2) is 4.79 Å². The number of amides is 16. The van der Waals surface area contributed by atoms with Crippen LogP contribution >= 0.6 is 25.3 Å². The van der Waals surface area contributed by atoms with Gasteiger partial charge in [0.2, 0.25) is 94.5 Å². The molecule has 46 nitrogen and oxygen atoms in total. The molecule has 126 heavy (non-hydrogen) atoms. The van der Waals surface area contributed by atoms with Gasteiger partial charge in [-0.15, -0.1) is 0 Å². The van der Waals surface area contributed by atoms with E-state index in [0.717, 1.165) is 0 Å². The van der Waals surface area contributed by atoms with Gasteiger partial charge in [0.25, 0.3) is 0 Å². The summed E-state index contributed by atoms with van der Waals surface area (Å²) in [6, 6.07) is -7.75. The topological polar surface area (TPSA) is 765 Å². The predicted octanol–water partition coefficient (Wildman–Crippen LogP) is -7.97. The number of carboxylic acids is 2. The zero-order valence-corrected chi connectivity index (χ0v) is 73.3. The van der Waals surface area contributed by atoms with E-state index in [1.54, 1.807) is 58.0 Å². The maximum absolute atomic E-state index is 14.3. The Morgan fingerprint density at radius 2 is 0.746 bits per heavy atom. The van der Waals surface area contributed by atoms with Crippen LogP contribution in [-0.4, -0.2) is 279 Å². The van der Waals surface area contributed by atoms with Crippen LogP contribution in [-0.2, 0) is 99.1 Å². The molecule has 0 fully saturated rings. The molecule has 2 aromatic carbocycles. The molecule has 2 rings (SSSR count). The Balaban J connectivity index is 2.29. The number of guanidine groups is 2.